The van der Waals surface area contributed by atoms with Crippen molar-refractivity contribution in [2.75, 3.05) is 46.1 Å². The van der Waals surface area contributed by atoms with E-state index in [2.05, 4.69) is 23.9 Å². The number of nitrogens with two attached hydrogens (primary N) is 1. The lowest BCUT2D eigenvalue weighted by atomic mass is 10.0. The molecule has 0 amide bonds. The number of hydrogen-bond acceptors (Lipinski definition) is 4. The Morgan fingerprint density at radius 1 is 1.26 bits per heavy atom. The average molecular weight is 263 g/mol. The Kier molecular flexibility index (Phi) is 5.05. The number of nitrogens with zero attached hydrogens (tertiary/aromatic N) is 2. The number of rotatable bonds is 5. The highest BCUT2D eigenvalue weighted by Crippen LogP contribution is 2.20. The van der Waals surface area contributed by atoms with Crippen LogP contribution in [0.2, 0.25) is 0 Å². The molecule has 1 aliphatic heterocycles. The van der Waals surface area contributed by atoms with Gasteiger partial charge in [0.15, 0.2) is 0 Å². The van der Waals surface area contributed by atoms with Gasteiger partial charge in [-0.15, -0.1) is 0 Å². The van der Waals surface area contributed by atoms with Gasteiger partial charge in [-0.2, -0.15) is 0 Å². The van der Waals surface area contributed by atoms with E-state index in [0.717, 1.165) is 31.4 Å². The molecule has 106 valence electrons. The molecule has 2 N–H and O–H groups in total. The lowest BCUT2D eigenvalue weighted by Crippen LogP contribution is -2.43. The summed E-state index contributed by atoms with van der Waals surface area (Å²) in [7, 11) is 4.34. The number of anilines is 1. The van der Waals surface area contributed by atoms with Gasteiger partial charge in [-0.1, -0.05) is 12.1 Å². The zero-order chi connectivity index (χ0) is 13.7. The van der Waals surface area contributed by atoms with Crippen LogP contribution in [0.5, 0.6) is 5.75 Å². The van der Waals surface area contributed by atoms with Crippen LogP contribution in [0.1, 0.15) is 12.8 Å². The van der Waals surface area contributed by atoms with Gasteiger partial charge in [0.1, 0.15) is 12.4 Å². The Labute approximate surface area is 116 Å². The lowest BCUT2D eigenvalue weighted by Gasteiger charge is -2.35. The summed E-state index contributed by atoms with van der Waals surface area (Å²) in [6.45, 7) is 4.02. The maximum Gasteiger partial charge on any atom is 0.142 e. The topological polar surface area (TPSA) is 41.7 Å². The molecular weight excluding hydrogens is 238 g/mol. The molecule has 4 heteroatoms. The molecule has 1 aromatic rings. The highest BCUT2D eigenvalue weighted by molar-refractivity contribution is 5.51. The number of nitrogen functional groups attached to an aromatic ring is 1. The SMILES string of the molecule is CN(C)C1CCN(CCOc2ccccc2N)CC1. The molecule has 1 aliphatic rings. The first kappa shape index (κ1) is 14.2. The van der Waals surface area contributed by atoms with E-state index in [4.69, 9.17) is 10.5 Å². The molecule has 0 spiro atoms. The Bertz CT molecular complexity index is 387. The molecule has 2 rings (SSSR count). The summed E-state index contributed by atoms with van der Waals surface area (Å²) in [4.78, 5) is 4.80. The van der Waals surface area contributed by atoms with Gasteiger partial charge >= 0.3 is 0 Å². The molecule has 1 saturated heterocycles. The number of hydrogen-bond donors (Lipinski definition) is 1. The van der Waals surface area contributed by atoms with Crippen LogP contribution < -0.4 is 10.5 Å². The maximum absolute atomic E-state index is 5.85. The van der Waals surface area contributed by atoms with Gasteiger partial charge in [0.05, 0.1) is 5.69 Å². The summed E-state index contributed by atoms with van der Waals surface area (Å²) in [6.07, 6.45) is 2.50. The first-order valence-electron chi connectivity index (χ1n) is 7.03. The zero-order valence-corrected chi connectivity index (χ0v) is 12.0. The van der Waals surface area contributed by atoms with Crippen molar-refractivity contribution in [3.63, 3.8) is 0 Å². The number of para-hydroxylation sites is 2. The summed E-state index contributed by atoms with van der Waals surface area (Å²) >= 11 is 0. The van der Waals surface area contributed by atoms with E-state index in [1.807, 2.05) is 24.3 Å². The quantitative estimate of drug-likeness (QED) is 0.821. The van der Waals surface area contributed by atoms with Crippen LogP contribution in [0.15, 0.2) is 24.3 Å². The summed E-state index contributed by atoms with van der Waals surface area (Å²) in [5.74, 6) is 0.797. The van der Waals surface area contributed by atoms with Crippen molar-refractivity contribution in [1.82, 2.24) is 9.80 Å². The van der Waals surface area contributed by atoms with Crippen molar-refractivity contribution in [3.8, 4) is 5.75 Å². The minimum Gasteiger partial charge on any atom is -0.490 e. The van der Waals surface area contributed by atoms with E-state index in [0.29, 0.717) is 12.3 Å². The predicted octanol–water partition coefficient (Wildman–Crippen LogP) is 1.67. The first-order valence-corrected chi connectivity index (χ1v) is 7.03. The van der Waals surface area contributed by atoms with Crippen LogP contribution in [-0.2, 0) is 0 Å². The molecular formula is C15H25N3O. The Morgan fingerprint density at radius 3 is 2.58 bits per heavy atom. The Hall–Kier alpha value is -1.26. The fourth-order valence-corrected chi connectivity index (χ4v) is 2.56. The predicted molar refractivity (Wildman–Crippen MR) is 79.5 cm³/mol. The third-order valence-corrected chi connectivity index (χ3v) is 3.87. The highest BCUT2D eigenvalue weighted by atomic mass is 16.5. The first-order chi connectivity index (χ1) is 9.16. The fourth-order valence-electron chi connectivity index (χ4n) is 2.56. The van der Waals surface area contributed by atoms with Crippen molar-refractivity contribution >= 4 is 5.69 Å². The summed E-state index contributed by atoms with van der Waals surface area (Å²) in [5, 5.41) is 0. The van der Waals surface area contributed by atoms with Crippen LogP contribution in [-0.4, -0.2) is 56.2 Å². The number of likely N-dealkylation sites (tertiary alicyclic amines) is 1. The largest absolute Gasteiger partial charge is 0.490 e. The van der Waals surface area contributed by atoms with Gasteiger partial charge in [0.25, 0.3) is 0 Å². The maximum atomic E-state index is 5.85. The van der Waals surface area contributed by atoms with E-state index in [1.54, 1.807) is 0 Å². The van der Waals surface area contributed by atoms with E-state index in [1.165, 1.54) is 12.8 Å². The van der Waals surface area contributed by atoms with Crippen LogP contribution >= 0.6 is 0 Å². The molecule has 0 aromatic heterocycles. The number of ether oxygens (including phenoxy) is 1. The third-order valence-electron chi connectivity index (χ3n) is 3.87. The molecule has 1 fully saturated rings. The van der Waals surface area contributed by atoms with Crippen LogP contribution in [0.4, 0.5) is 5.69 Å². The van der Waals surface area contributed by atoms with E-state index in [9.17, 15) is 0 Å². The van der Waals surface area contributed by atoms with Gasteiger partial charge < -0.3 is 15.4 Å². The van der Waals surface area contributed by atoms with Crippen molar-refractivity contribution < 1.29 is 4.74 Å². The smallest absolute Gasteiger partial charge is 0.142 e. The van der Waals surface area contributed by atoms with Gasteiger partial charge in [0.2, 0.25) is 0 Å². The number of benzene rings is 1. The average Bonchev–Trinajstić information content (AvgIpc) is 2.41. The molecule has 0 unspecified atom stereocenters. The van der Waals surface area contributed by atoms with E-state index < -0.39 is 0 Å². The second kappa shape index (κ2) is 6.78. The molecule has 1 aromatic carbocycles. The molecule has 0 bridgehead atoms. The standard InChI is InChI=1S/C15H25N3O/c1-17(2)13-7-9-18(10-8-13)11-12-19-15-6-4-3-5-14(15)16/h3-6,13H,7-12,16H2,1-2H3. The lowest BCUT2D eigenvalue weighted by molar-refractivity contribution is 0.128. The van der Waals surface area contributed by atoms with Gasteiger partial charge in [-0.3, -0.25) is 4.90 Å². The monoisotopic (exact) mass is 263 g/mol. The summed E-state index contributed by atoms with van der Waals surface area (Å²) < 4.78 is 5.74. The Morgan fingerprint density at radius 2 is 1.95 bits per heavy atom. The van der Waals surface area contributed by atoms with Crippen LogP contribution in [0, 0.1) is 0 Å². The molecule has 1 heterocycles. The second-order valence-electron chi connectivity index (χ2n) is 5.42. The van der Waals surface area contributed by atoms with Crippen LogP contribution in [0.3, 0.4) is 0 Å². The van der Waals surface area contributed by atoms with E-state index >= 15 is 0 Å². The van der Waals surface area contributed by atoms with Crippen LogP contribution in [0.25, 0.3) is 0 Å². The molecule has 4 nitrogen and oxygen atoms in total. The van der Waals surface area contributed by atoms with Crippen molar-refractivity contribution in [2.24, 2.45) is 0 Å². The number of piperidine rings is 1. The molecule has 0 atom stereocenters. The normalized spacial score (nSPS) is 17.8. The molecule has 19 heavy (non-hydrogen) atoms. The minimum atomic E-state index is 0.709. The summed E-state index contributed by atoms with van der Waals surface area (Å²) in [5.41, 5.74) is 6.56. The van der Waals surface area contributed by atoms with Gasteiger partial charge in [-0.05, 0) is 52.2 Å². The van der Waals surface area contributed by atoms with Gasteiger partial charge in [0, 0.05) is 12.6 Å². The second-order valence-corrected chi connectivity index (χ2v) is 5.42. The highest BCUT2D eigenvalue weighted by Gasteiger charge is 2.20. The summed E-state index contributed by atoms with van der Waals surface area (Å²) in [6, 6.07) is 8.41. The van der Waals surface area contributed by atoms with Crippen molar-refractivity contribution in [1.29, 1.82) is 0 Å². The third kappa shape index (κ3) is 4.11. The fraction of sp³-hybridized carbons (Fsp3) is 0.600. The molecule has 0 aliphatic carbocycles. The van der Waals surface area contributed by atoms with Crippen molar-refractivity contribution in [2.45, 2.75) is 18.9 Å². The Balaban J connectivity index is 1.69. The van der Waals surface area contributed by atoms with Gasteiger partial charge in [-0.25, -0.2) is 0 Å². The van der Waals surface area contributed by atoms with E-state index in [-0.39, 0.29) is 0 Å². The molecule has 0 saturated carbocycles. The zero-order valence-electron chi connectivity index (χ0n) is 12.0. The van der Waals surface area contributed by atoms with Crippen molar-refractivity contribution in [3.05, 3.63) is 24.3 Å². The minimum absolute atomic E-state index is 0.709. The molecule has 0 radical (unpaired) electrons.